The predicted octanol–water partition coefficient (Wildman–Crippen LogP) is 4.93. The molecule has 8 nitrogen and oxygen atoms in total. The molecule has 0 saturated carbocycles. The lowest BCUT2D eigenvalue weighted by Crippen LogP contribution is -2.53. The maximum atomic E-state index is 14.3. The number of hydrogen-bond acceptors (Lipinski definition) is 5. The number of anilines is 1. The molecule has 0 aromatic heterocycles. The molecule has 0 heterocycles. The zero-order valence-electron chi connectivity index (χ0n) is 23.3. The van der Waals surface area contributed by atoms with E-state index in [1.807, 2.05) is 30.3 Å². The third-order valence-corrected chi connectivity index (χ3v) is 8.73. The number of carbonyl (C=O) groups is 2. The summed E-state index contributed by atoms with van der Waals surface area (Å²) in [5, 5.41) is 3.14. The van der Waals surface area contributed by atoms with Crippen molar-refractivity contribution >= 4 is 39.1 Å². The summed E-state index contributed by atoms with van der Waals surface area (Å²) >= 11 is 6.25. The first kappa shape index (κ1) is 30.6. The Balaban J connectivity index is 1.79. The average molecular weight is 606 g/mol. The van der Waals surface area contributed by atoms with Crippen LogP contribution in [0.15, 0.2) is 114 Å². The van der Waals surface area contributed by atoms with Crippen molar-refractivity contribution in [2.24, 2.45) is 0 Å². The summed E-state index contributed by atoms with van der Waals surface area (Å²) in [6, 6.07) is 29.8. The highest BCUT2D eigenvalue weighted by molar-refractivity contribution is 7.92. The zero-order chi connectivity index (χ0) is 30.1. The summed E-state index contributed by atoms with van der Waals surface area (Å²) in [4.78, 5) is 29.0. The van der Waals surface area contributed by atoms with Crippen molar-refractivity contribution in [1.82, 2.24) is 10.2 Å². The van der Waals surface area contributed by atoms with Crippen molar-refractivity contribution in [2.75, 3.05) is 25.0 Å². The van der Waals surface area contributed by atoms with Crippen LogP contribution in [-0.2, 0) is 32.6 Å². The van der Waals surface area contributed by atoms with E-state index in [0.29, 0.717) is 16.3 Å². The van der Waals surface area contributed by atoms with E-state index < -0.39 is 28.5 Å². The van der Waals surface area contributed by atoms with Crippen LogP contribution < -0.4 is 14.4 Å². The van der Waals surface area contributed by atoms with Crippen molar-refractivity contribution in [2.45, 2.75) is 23.9 Å². The van der Waals surface area contributed by atoms with Gasteiger partial charge < -0.3 is 15.0 Å². The quantitative estimate of drug-likeness (QED) is 0.247. The van der Waals surface area contributed by atoms with Crippen molar-refractivity contribution in [3.05, 3.63) is 125 Å². The van der Waals surface area contributed by atoms with E-state index >= 15 is 0 Å². The number of likely N-dealkylation sites (N-methyl/N-ethyl adjacent to an activating group) is 1. The largest absolute Gasteiger partial charge is 0.497 e. The molecule has 1 unspecified atom stereocenters. The number of carbonyl (C=O) groups excluding carboxylic acids is 2. The van der Waals surface area contributed by atoms with Gasteiger partial charge in [0, 0.05) is 31.1 Å². The molecule has 0 aliphatic rings. The standard InChI is InChI=1S/C32H32ClN3O5S/c1-34-32(38)30(20-24-11-5-3-6-12-24)35(22-25-13-9-14-26(33)19-25)31(37)23-36(27-15-10-16-28(21-27)41-2)42(39,40)29-17-7-4-8-18-29/h3-19,21,30H,20,22-23H2,1-2H3,(H,34,38). The number of methoxy groups -OCH3 is 1. The molecular formula is C32H32ClN3O5S. The predicted molar refractivity (Wildman–Crippen MR) is 164 cm³/mol. The number of halogens is 1. The molecule has 4 rings (SSSR count). The van der Waals surface area contributed by atoms with E-state index in [-0.39, 0.29) is 29.5 Å². The monoisotopic (exact) mass is 605 g/mol. The second kappa shape index (κ2) is 14.0. The SMILES string of the molecule is CNC(=O)C(Cc1ccccc1)N(Cc1cccc(Cl)c1)C(=O)CN(c1cccc(OC)c1)S(=O)(=O)c1ccccc1. The van der Waals surface area contributed by atoms with Gasteiger partial charge in [0.05, 0.1) is 17.7 Å². The number of sulfonamides is 1. The lowest BCUT2D eigenvalue weighted by atomic mass is 10.0. The molecule has 2 amide bonds. The van der Waals surface area contributed by atoms with Gasteiger partial charge in [-0.05, 0) is 47.5 Å². The average Bonchev–Trinajstić information content (AvgIpc) is 3.02. The fourth-order valence-electron chi connectivity index (χ4n) is 4.57. The molecule has 218 valence electrons. The first-order valence-electron chi connectivity index (χ1n) is 13.2. The van der Waals surface area contributed by atoms with E-state index in [9.17, 15) is 18.0 Å². The fourth-order valence-corrected chi connectivity index (χ4v) is 6.21. The number of amides is 2. The Hall–Kier alpha value is -4.34. The zero-order valence-corrected chi connectivity index (χ0v) is 24.9. The van der Waals surface area contributed by atoms with E-state index in [4.69, 9.17) is 16.3 Å². The lowest BCUT2D eigenvalue weighted by molar-refractivity contribution is -0.139. The summed E-state index contributed by atoms with van der Waals surface area (Å²) < 4.78 is 34.3. The van der Waals surface area contributed by atoms with E-state index in [1.54, 1.807) is 66.7 Å². The Morgan fingerprint density at radius 2 is 1.50 bits per heavy atom. The van der Waals surface area contributed by atoms with Crippen LogP contribution in [0.2, 0.25) is 5.02 Å². The highest BCUT2D eigenvalue weighted by atomic mass is 35.5. The van der Waals surface area contributed by atoms with E-state index in [2.05, 4.69) is 5.32 Å². The minimum absolute atomic E-state index is 0.0224. The summed E-state index contributed by atoms with van der Waals surface area (Å²) in [7, 11) is -1.21. The summed E-state index contributed by atoms with van der Waals surface area (Å²) in [5.74, 6) is -0.522. The Morgan fingerprint density at radius 1 is 0.857 bits per heavy atom. The van der Waals surface area contributed by atoms with Crippen LogP contribution in [0.25, 0.3) is 0 Å². The molecule has 42 heavy (non-hydrogen) atoms. The van der Waals surface area contributed by atoms with E-state index in [0.717, 1.165) is 9.87 Å². The van der Waals surface area contributed by atoms with Gasteiger partial charge in [0.1, 0.15) is 18.3 Å². The number of nitrogens with zero attached hydrogens (tertiary/aromatic N) is 2. The topological polar surface area (TPSA) is 96.0 Å². The summed E-state index contributed by atoms with van der Waals surface area (Å²) in [6.07, 6.45) is 0.220. The van der Waals surface area contributed by atoms with Gasteiger partial charge in [0.15, 0.2) is 0 Å². The normalized spacial score (nSPS) is 11.8. The minimum atomic E-state index is -4.19. The number of ether oxygens (including phenoxy) is 1. The van der Waals surface area contributed by atoms with Gasteiger partial charge in [-0.15, -0.1) is 0 Å². The highest BCUT2D eigenvalue weighted by Gasteiger charge is 2.34. The van der Waals surface area contributed by atoms with Gasteiger partial charge in [0.25, 0.3) is 10.0 Å². The second-order valence-corrected chi connectivity index (χ2v) is 11.8. The summed E-state index contributed by atoms with van der Waals surface area (Å²) in [5.41, 5.74) is 1.78. The molecule has 0 aliphatic heterocycles. The van der Waals surface area contributed by atoms with Crippen LogP contribution in [0.4, 0.5) is 5.69 Å². The van der Waals surface area contributed by atoms with Crippen LogP contribution in [0.1, 0.15) is 11.1 Å². The van der Waals surface area contributed by atoms with E-state index in [1.165, 1.54) is 31.2 Å². The molecule has 0 fully saturated rings. The van der Waals surface area contributed by atoms with Crippen LogP contribution >= 0.6 is 11.6 Å². The molecule has 0 aliphatic carbocycles. The van der Waals surface area contributed by atoms with Crippen LogP contribution in [-0.4, -0.2) is 51.9 Å². The van der Waals surface area contributed by atoms with Crippen LogP contribution in [0.3, 0.4) is 0 Å². The molecule has 10 heteroatoms. The molecule has 0 spiro atoms. The number of hydrogen-bond donors (Lipinski definition) is 1. The third-order valence-electron chi connectivity index (χ3n) is 6.71. The first-order valence-corrected chi connectivity index (χ1v) is 15.1. The van der Waals surface area contributed by atoms with Gasteiger partial charge >= 0.3 is 0 Å². The molecule has 1 atom stereocenters. The molecular weight excluding hydrogens is 574 g/mol. The number of benzene rings is 4. The Morgan fingerprint density at radius 3 is 2.14 bits per heavy atom. The third kappa shape index (κ3) is 7.48. The van der Waals surface area contributed by atoms with Crippen molar-refractivity contribution in [3.8, 4) is 5.75 Å². The number of rotatable bonds is 12. The summed E-state index contributed by atoms with van der Waals surface area (Å²) in [6.45, 7) is -0.533. The fraction of sp³-hybridized carbons (Fsp3) is 0.188. The molecule has 0 bridgehead atoms. The maximum absolute atomic E-state index is 14.3. The van der Waals surface area contributed by atoms with Gasteiger partial charge in [0.2, 0.25) is 11.8 Å². The highest BCUT2D eigenvalue weighted by Crippen LogP contribution is 2.28. The molecule has 4 aromatic rings. The Labute approximate surface area is 251 Å². The smallest absolute Gasteiger partial charge is 0.264 e. The van der Waals surface area contributed by atoms with Gasteiger partial charge in [-0.25, -0.2) is 8.42 Å². The molecule has 4 aromatic carbocycles. The molecule has 0 radical (unpaired) electrons. The van der Waals surface area contributed by atoms with Crippen molar-refractivity contribution in [3.63, 3.8) is 0 Å². The Bertz CT molecular complexity index is 1620. The lowest BCUT2D eigenvalue weighted by Gasteiger charge is -2.33. The van der Waals surface area contributed by atoms with Gasteiger partial charge in [-0.2, -0.15) is 0 Å². The van der Waals surface area contributed by atoms with Gasteiger partial charge in [-0.3, -0.25) is 13.9 Å². The number of nitrogens with one attached hydrogen (secondary N) is 1. The second-order valence-electron chi connectivity index (χ2n) is 9.50. The maximum Gasteiger partial charge on any atom is 0.264 e. The van der Waals surface area contributed by atoms with Gasteiger partial charge in [-0.1, -0.05) is 78.3 Å². The Kier molecular flexibility index (Phi) is 10.2. The molecule has 1 N–H and O–H groups in total. The van der Waals surface area contributed by atoms with Crippen LogP contribution in [0, 0.1) is 0 Å². The first-order chi connectivity index (χ1) is 20.2. The minimum Gasteiger partial charge on any atom is -0.497 e. The van der Waals surface area contributed by atoms with Crippen molar-refractivity contribution in [1.29, 1.82) is 0 Å². The van der Waals surface area contributed by atoms with Crippen molar-refractivity contribution < 1.29 is 22.7 Å². The molecule has 0 saturated heterocycles. The van der Waals surface area contributed by atoms with Crippen LogP contribution in [0.5, 0.6) is 5.75 Å².